The smallest absolute Gasteiger partial charge is 0.229 e. The number of amides is 1. The van der Waals surface area contributed by atoms with Gasteiger partial charge in [-0.25, -0.2) is 4.39 Å². The number of rotatable bonds is 4. The van der Waals surface area contributed by atoms with Gasteiger partial charge in [0.1, 0.15) is 5.82 Å². The second kappa shape index (κ2) is 8.61. The lowest BCUT2D eigenvalue weighted by molar-refractivity contribution is -0.120. The van der Waals surface area contributed by atoms with E-state index in [1.807, 2.05) is 44.2 Å². The highest BCUT2D eigenvalue weighted by atomic mass is 19.1. The van der Waals surface area contributed by atoms with Gasteiger partial charge < -0.3 is 10.2 Å². The summed E-state index contributed by atoms with van der Waals surface area (Å²) in [5.74, 6) is 0.424. The van der Waals surface area contributed by atoms with Crippen LogP contribution < -0.4 is 10.2 Å². The van der Waals surface area contributed by atoms with Crippen LogP contribution in [0.4, 0.5) is 15.9 Å². The van der Waals surface area contributed by atoms with Gasteiger partial charge in [0.15, 0.2) is 5.82 Å². The van der Waals surface area contributed by atoms with E-state index in [-0.39, 0.29) is 17.6 Å². The summed E-state index contributed by atoms with van der Waals surface area (Å²) in [5, 5.41) is 11.7. The van der Waals surface area contributed by atoms with Crippen molar-refractivity contribution in [2.75, 3.05) is 23.3 Å². The van der Waals surface area contributed by atoms with Gasteiger partial charge in [0, 0.05) is 24.3 Å². The number of aryl methyl sites for hydroxylation is 2. The van der Waals surface area contributed by atoms with Gasteiger partial charge in [0.2, 0.25) is 5.91 Å². The molecule has 4 rings (SSSR count). The van der Waals surface area contributed by atoms with Gasteiger partial charge in [0.25, 0.3) is 0 Å². The third-order valence-corrected chi connectivity index (χ3v) is 5.56. The molecule has 0 spiro atoms. The third-order valence-electron chi connectivity index (χ3n) is 5.56. The van der Waals surface area contributed by atoms with Crippen LogP contribution in [-0.2, 0) is 4.79 Å². The van der Waals surface area contributed by atoms with Crippen LogP contribution in [0.15, 0.2) is 54.6 Å². The molecule has 0 radical (unpaired) electrons. The maximum Gasteiger partial charge on any atom is 0.229 e. The summed E-state index contributed by atoms with van der Waals surface area (Å²) in [4.78, 5) is 15.0. The highest BCUT2D eigenvalue weighted by Gasteiger charge is 2.27. The molecule has 6 heteroatoms. The standard InChI is InChI=1S/C24H25FN4O/c1-16-5-6-17(2)22(14-16)26-24(30)19-4-3-13-29(15-19)23-12-11-21(27-28-23)18-7-9-20(25)10-8-18/h5-12,14,19H,3-4,13,15H2,1-2H3,(H,26,30). The average molecular weight is 404 g/mol. The van der Waals surface area contributed by atoms with Crippen LogP contribution in [-0.4, -0.2) is 29.2 Å². The Bertz CT molecular complexity index is 1030. The number of hydrogen-bond acceptors (Lipinski definition) is 4. The molecule has 3 aromatic rings. The summed E-state index contributed by atoms with van der Waals surface area (Å²) in [5.41, 5.74) is 4.57. The monoisotopic (exact) mass is 404 g/mol. The largest absolute Gasteiger partial charge is 0.354 e. The summed E-state index contributed by atoms with van der Waals surface area (Å²) in [7, 11) is 0. The molecule has 1 aliphatic heterocycles. The van der Waals surface area contributed by atoms with Crippen LogP contribution >= 0.6 is 0 Å². The Kier molecular flexibility index (Phi) is 5.74. The Labute approximate surface area is 176 Å². The molecular formula is C24H25FN4O. The van der Waals surface area contributed by atoms with Crippen molar-refractivity contribution in [2.24, 2.45) is 5.92 Å². The predicted octanol–water partition coefficient (Wildman–Crippen LogP) is 4.75. The molecule has 5 nitrogen and oxygen atoms in total. The summed E-state index contributed by atoms with van der Waals surface area (Å²) in [6.07, 6.45) is 1.78. The molecule has 1 aromatic heterocycles. The summed E-state index contributed by atoms with van der Waals surface area (Å²) < 4.78 is 13.1. The fourth-order valence-corrected chi connectivity index (χ4v) is 3.77. The Morgan fingerprint density at radius 3 is 2.60 bits per heavy atom. The molecular weight excluding hydrogens is 379 g/mol. The molecule has 1 unspecified atom stereocenters. The minimum Gasteiger partial charge on any atom is -0.354 e. The number of carbonyl (C=O) groups excluding carboxylic acids is 1. The van der Waals surface area contributed by atoms with Crippen molar-refractivity contribution in [3.8, 4) is 11.3 Å². The van der Waals surface area contributed by atoms with Gasteiger partial charge >= 0.3 is 0 Å². The molecule has 154 valence electrons. The number of benzene rings is 2. The van der Waals surface area contributed by atoms with E-state index >= 15 is 0 Å². The minimum atomic E-state index is -0.276. The normalized spacial score (nSPS) is 16.4. The Morgan fingerprint density at radius 1 is 1.07 bits per heavy atom. The molecule has 1 aliphatic rings. The second-order valence-electron chi connectivity index (χ2n) is 7.88. The first-order valence-corrected chi connectivity index (χ1v) is 10.2. The van der Waals surface area contributed by atoms with Crippen molar-refractivity contribution < 1.29 is 9.18 Å². The lowest BCUT2D eigenvalue weighted by Crippen LogP contribution is -2.41. The van der Waals surface area contributed by atoms with E-state index in [1.54, 1.807) is 12.1 Å². The van der Waals surface area contributed by atoms with E-state index in [0.29, 0.717) is 12.2 Å². The number of hydrogen-bond donors (Lipinski definition) is 1. The molecule has 1 fully saturated rings. The average Bonchev–Trinajstić information content (AvgIpc) is 2.77. The van der Waals surface area contributed by atoms with Crippen molar-refractivity contribution >= 4 is 17.4 Å². The number of piperidine rings is 1. The molecule has 1 atom stereocenters. The molecule has 1 amide bonds. The topological polar surface area (TPSA) is 58.1 Å². The fourth-order valence-electron chi connectivity index (χ4n) is 3.77. The first-order valence-electron chi connectivity index (χ1n) is 10.2. The lowest BCUT2D eigenvalue weighted by atomic mass is 9.96. The molecule has 1 N–H and O–H groups in total. The van der Waals surface area contributed by atoms with Gasteiger partial charge in [-0.15, -0.1) is 10.2 Å². The molecule has 1 saturated heterocycles. The fraction of sp³-hybridized carbons (Fsp3) is 0.292. The van der Waals surface area contributed by atoms with Crippen LogP contribution in [0.5, 0.6) is 0 Å². The Morgan fingerprint density at radius 2 is 1.87 bits per heavy atom. The van der Waals surface area contributed by atoms with Crippen LogP contribution in [0, 0.1) is 25.6 Å². The molecule has 0 bridgehead atoms. The number of halogens is 1. The quantitative estimate of drug-likeness (QED) is 0.681. The van der Waals surface area contributed by atoms with Gasteiger partial charge in [-0.2, -0.15) is 0 Å². The van der Waals surface area contributed by atoms with Gasteiger partial charge in [-0.3, -0.25) is 4.79 Å². The molecule has 30 heavy (non-hydrogen) atoms. The molecule has 2 aromatic carbocycles. The van der Waals surface area contributed by atoms with Gasteiger partial charge in [0.05, 0.1) is 11.6 Å². The first-order chi connectivity index (χ1) is 14.5. The summed E-state index contributed by atoms with van der Waals surface area (Å²) in [6, 6.07) is 16.1. The maximum atomic E-state index is 13.1. The second-order valence-corrected chi connectivity index (χ2v) is 7.88. The number of nitrogens with zero attached hydrogens (tertiary/aromatic N) is 3. The number of nitrogens with one attached hydrogen (secondary N) is 1. The third kappa shape index (κ3) is 4.48. The maximum absolute atomic E-state index is 13.1. The van der Waals surface area contributed by atoms with Gasteiger partial charge in [-0.05, 0) is 80.3 Å². The first kappa shape index (κ1) is 20.0. The van der Waals surface area contributed by atoms with E-state index in [4.69, 9.17) is 0 Å². The highest BCUT2D eigenvalue weighted by molar-refractivity contribution is 5.93. The zero-order chi connectivity index (χ0) is 21.1. The van der Waals surface area contributed by atoms with E-state index in [0.717, 1.165) is 47.6 Å². The van der Waals surface area contributed by atoms with Crippen LogP contribution in [0.2, 0.25) is 0 Å². The molecule has 2 heterocycles. The SMILES string of the molecule is Cc1ccc(C)c(NC(=O)C2CCCN(c3ccc(-c4ccc(F)cc4)nn3)C2)c1. The number of aromatic nitrogens is 2. The van der Waals surface area contributed by atoms with Crippen molar-refractivity contribution in [2.45, 2.75) is 26.7 Å². The Hall–Kier alpha value is -3.28. The summed E-state index contributed by atoms with van der Waals surface area (Å²) >= 11 is 0. The van der Waals surface area contributed by atoms with Crippen LogP contribution in [0.25, 0.3) is 11.3 Å². The van der Waals surface area contributed by atoms with Crippen molar-refractivity contribution in [1.29, 1.82) is 0 Å². The predicted molar refractivity (Wildman–Crippen MR) is 117 cm³/mol. The lowest BCUT2D eigenvalue weighted by Gasteiger charge is -2.32. The van der Waals surface area contributed by atoms with Crippen LogP contribution in [0.3, 0.4) is 0 Å². The molecule has 0 aliphatic carbocycles. The number of anilines is 2. The van der Waals surface area contributed by atoms with Gasteiger partial charge in [-0.1, -0.05) is 12.1 Å². The van der Waals surface area contributed by atoms with E-state index in [2.05, 4.69) is 20.4 Å². The van der Waals surface area contributed by atoms with E-state index in [1.165, 1.54) is 12.1 Å². The van der Waals surface area contributed by atoms with Crippen LogP contribution in [0.1, 0.15) is 24.0 Å². The number of carbonyl (C=O) groups is 1. The van der Waals surface area contributed by atoms with Crippen molar-refractivity contribution in [1.82, 2.24) is 10.2 Å². The van der Waals surface area contributed by atoms with Crippen molar-refractivity contribution in [3.05, 3.63) is 71.5 Å². The molecule has 0 saturated carbocycles. The van der Waals surface area contributed by atoms with E-state index < -0.39 is 0 Å². The summed E-state index contributed by atoms with van der Waals surface area (Å²) in [6.45, 7) is 5.48. The zero-order valence-electron chi connectivity index (χ0n) is 17.2. The minimum absolute atomic E-state index is 0.0456. The van der Waals surface area contributed by atoms with E-state index in [9.17, 15) is 9.18 Å². The Balaban J connectivity index is 1.43. The highest BCUT2D eigenvalue weighted by Crippen LogP contribution is 2.25. The van der Waals surface area contributed by atoms with Crippen molar-refractivity contribution in [3.63, 3.8) is 0 Å². The zero-order valence-corrected chi connectivity index (χ0v) is 17.2.